The maximum Gasteiger partial charge on any atom is 0.306 e. The molecule has 0 rings (SSSR count). The lowest BCUT2D eigenvalue weighted by atomic mass is 10.1. The zero-order valence-electron chi connectivity index (χ0n) is 34.5. The van der Waals surface area contributed by atoms with Gasteiger partial charge < -0.3 is 14.2 Å². The largest absolute Gasteiger partial charge is 0.462 e. The molecule has 0 amide bonds. The number of unbranched alkanes of at least 4 members (excludes halogenated alkanes) is 17. The second-order valence-corrected chi connectivity index (χ2v) is 14.2. The normalized spacial score (nSPS) is 12.6. The van der Waals surface area contributed by atoms with Gasteiger partial charge in [0.25, 0.3) is 0 Å². The van der Waals surface area contributed by atoms with Crippen molar-refractivity contribution in [2.75, 3.05) is 13.2 Å². The highest BCUT2D eigenvalue weighted by Gasteiger charge is 2.19. The van der Waals surface area contributed by atoms with Crippen molar-refractivity contribution in [2.24, 2.45) is 0 Å². The van der Waals surface area contributed by atoms with E-state index < -0.39 is 6.10 Å². The Kier molecular flexibility index (Phi) is 39.6. The van der Waals surface area contributed by atoms with Gasteiger partial charge in [-0.1, -0.05) is 165 Å². The minimum absolute atomic E-state index is 0.0909. The third-order valence-electron chi connectivity index (χ3n) is 9.02. The summed E-state index contributed by atoms with van der Waals surface area (Å²) < 4.78 is 16.6. The first kappa shape index (κ1) is 50.1. The molecule has 0 bridgehead atoms. The predicted molar refractivity (Wildman–Crippen MR) is 224 cm³/mol. The number of hydrogen-bond donors (Lipinski definition) is 0. The molecule has 1 atom stereocenters. The van der Waals surface area contributed by atoms with Gasteiger partial charge in [-0.05, 0) is 77.0 Å². The van der Waals surface area contributed by atoms with Crippen LogP contribution in [0.15, 0.2) is 60.8 Å². The van der Waals surface area contributed by atoms with E-state index in [1.807, 2.05) is 0 Å². The van der Waals surface area contributed by atoms with Gasteiger partial charge in [-0.3, -0.25) is 14.4 Å². The molecule has 0 heterocycles. The van der Waals surface area contributed by atoms with Crippen LogP contribution < -0.4 is 0 Å². The molecule has 0 N–H and O–H groups in total. The van der Waals surface area contributed by atoms with E-state index in [2.05, 4.69) is 81.5 Å². The van der Waals surface area contributed by atoms with E-state index in [0.29, 0.717) is 19.3 Å². The van der Waals surface area contributed by atoms with Gasteiger partial charge >= 0.3 is 17.9 Å². The SMILES string of the molecule is CC/C=C\C/C=C\C/C=C\CCCCCCCCC(=O)OCC(COC(=O)CCCC/C=C\C/C=C\CC)OC(=O)CCCCCCCCCCCC. The Morgan fingerprint density at radius 1 is 0.396 bits per heavy atom. The minimum atomic E-state index is -0.786. The first-order valence-electron chi connectivity index (χ1n) is 21.8. The smallest absolute Gasteiger partial charge is 0.306 e. The van der Waals surface area contributed by atoms with E-state index in [-0.39, 0.29) is 31.1 Å². The predicted octanol–water partition coefficient (Wildman–Crippen LogP) is 13.7. The molecule has 0 spiro atoms. The quantitative estimate of drug-likeness (QED) is 0.0271. The van der Waals surface area contributed by atoms with Gasteiger partial charge in [0.15, 0.2) is 6.10 Å². The molecule has 0 aromatic rings. The number of allylic oxidation sites excluding steroid dienone is 10. The zero-order chi connectivity index (χ0) is 38.7. The van der Waals surface area contributed by atoms with Crippen molar-refractivity contribution >= 4 is 17.9 Å². The molecule has 0 aromatic heterocycles. The summed E-state index contributed by atoms with van der Waals surface area (Å²) in [5.41, 5.74) is 0. The van der Waals surface area contributed by atoms with Crippen LogP contribution in [0.1, 0.15) is 201 Å². The Labute approximate surface area is 326 Å². The maximum atomic E-state index is 12.6. The van der Waals surface area contributed by atoms with Crippen molar-refractivity contribution in [3.63, 3.8) is 0 Å². The van der Waals surface area contributed by atoms with Crippen LogP contribution >= 0.6 is 0 Å². The molecule has 0 aliphatic rings. The van der Waals surface area contributed by atoms with Crippen LogP contribution in [0.3, 0.4) is 0 Å². The number of carbonyl (C=O) groups is 3. The lowest BCUT2D eigenvalue weighted by Gasteiger charge is -2.18. The van der Waals surface area contributed by atoms with Gasteiger partial charge in [0, 0.05) is 19.3 Å². The number of carbonyl (C=O) groups excluding carboxylic acids is 3. The van der Waals surface area contributed by atoms with Crippen LogP contribution in [0.2, 0.25) is 0 Å². The van der Waals surface area contributed by atoms with Crippen LogP contribution in [-0.2, 0) is 28.6 Å². The molecule has 6 nitrogen and oxygen atoms in total. The van der Waals surface area contributed by atoms with Crippen LogP contribution in [0, 0.1) is 0 Å². The van der Waals surface area contributed by atoms with E-state index in [1.54, 1.807) is 0 Å². The van der Waals surface area contributed by atoms with E-state index in [4.69, 9.17) is 14.2 Å². The third kappa shape index (κ3) is 40.1. The molecule has 0 fully saturated rings. The maximum absolute atomic E-state index is 12.6. The fourth-order valence-electron chi connectivity index (χ4n) is 5.79. The first-order valence-corrected chi connectivity index (χ1v) is 21.8. The fourth-order valence-corrected chi connectivity index (χ4v) is 5.79. The molecule has 53 heavy (non-hydrogen) atoms. The molecule has 6 heteroatoms. The van der Waals surface area contributed by atoms with Gasteiger partial charge in [0.1, 0.15) is 13.2 Å². The molecule has 0 aromatic carbocycles. The highest BCUT2D eigenvalue weighted by Crippen LogP contribution is 2.13. The molecule has 0 aliphatic carbocycles. The molecule has 0 radical (unpaired) electrons. The molecule has 1 unspecified atom stereocenters. The zero-order valence-corrected chi connectivity index (χ0v) is 34.5. The van der Waals surface area contributed by atoms with Crippen molar-refractivity contribution in [2.45, 2.75) is 207 Å². The summed E-state index contributed by atoms with van der Waals surface area (Å²) in [5, 5.41) is 0. The summed E-state index contributed by atoms with van der Waals surface area (Å²) in [5.74, 6) is -0.947. The number of ether oxygens (including phenoxy) is 3. The number of esters is 3. The van der Waals surface area contributed by atoms with Crippen molar-refractivity contribution < 1.29 is 28.6 Å². The van der Waals surface area contributed by atoms with Gasteiger partial charge in [0.2, 0.25) is 0 Å². The molecule has 0 saturated carbocycles. The van der Waals surface area contributed by atoms with Crippen molar-refractivity contribution in [1.29, 1.82) is 0 Å². The second-order valence-electron chi connectivity index (χ2n) is 14.2. The van der Waals surface area contributed by atoms with Crippen LogP contribution in [0.4, 0.5) is 0 Å². The highest BCUT2D eigenvalue weighted by molar-refractivity contribution is 5.71. The summed E-state index contributed by atoms with van der Waals surface area (Å²) in [4.78, 5) is 37.6. The van der Waals surface area contributed by atoms with Crippen LogP contribution in [-0.4, -0.2) is 37.2 Å². The standard InChI is InChI=1S/C47H80O6/c1-4-7-10-13-16-19-21-22-23-24-25-26-29-31-34-37-40-46(49)52-43-44(42-51-45(48)39-36-33-30-27-18-15-12-9-6-3)53-47(50)41-38-35-32-28-20-17-14-11-8-5-2/h7,9-10,12,16,18-19,22-23,27,44H,4-6,8,11,13-15,17,20-21,24-26,28-43H2,1-3H3/b10-7-,12-9-,19-16-,23-22-,27-18-. The van der Waals surface area contributed by atoms with Gasteiger partial charge in [-0.2, -0.15) is 0 Å². The Hall–Kier alpha value is -2.89. The Balaban J connectivity index is 4.37. The van der Waals surface area contributed by atoms with E-state index in [0.717, 1.165) is 96.3 Å². The monoisotopic (exact) mass is 741 g/mol. The van der Waals surface area contributed by atoms with E-state index in [1.165, 1.54) is 64.2 Å². The average Bonchev–Trinajstić information content (AvgIpc) is 3.15. The molecular formula is C47H80O6. The Morgan fingerprint density at radius 3 is 1.19 bits per heavy atom. The molecule has 0 aliphatic heterocycles. The van der Waals surface area contributed by atoms with E-state index >= 15 is 0 Å². The highest BCUT2D eigenvalue weighted by atomic mass is 16.6. The Morgan fingerprint density at radius 2 is 0.736 bits per heavy atom. The third-order valence-corrected chi connectivity index (χ3v) is 9.02. The lowest BCUT2D eigenvalue weighted by molar-refractivity contribution is -0.167. The fraction of sp³-hybridized carbons (Fsp3) is 0.723. The van der Waals surface area contributed by atoms with Crippen molar-refractivity contribution in [1.82, 2.24) is 0 Å². The second kappa shape index (κ2) is 41.9. The van der Waals surface area contributed by atoms with Gasteiger partial charge in [0.05, 0.1) is 0 Å². The Bertz CT molecular complexity index is 991. The van der Waals surface area contributed by atoms with Gasteiger partial charge in [-0.25, -0.2) is 0 Å². The van der Waals surface area contributed by atoms with Crippen LogP contribution in [0.5, 0.6) is 0 Å². The molecule has 304 valence electrons. The van der Waals surface area contributed by atoms with Crippen molar-refractivity contribution in [3.05, 3.63) is 60.8 Å². The summed E-state index contributed by atoms with van der Waals surface area (Å²) >= 11 is 0. The first-order chi connectivity index (χ1) is 26.0. The molecular weight excluding hydrogens is 661 g/mol. The minimum Gasteiger partial charge on any atom is -0.462 e. The van der Waals surface area contributed by atoms with E-state index in [9.17, 15) is 14.4 Å². The number of rotatable bonds is 38. The topological polar surface area (TPSA) is 78.9 Å². The van der Waals surface area contributed by atoms with Crippen LogP contribution in [0.25, 0.3) is 0 Å². The summed E-state index contributed by atoms with van der Waals surface area (Å²) in [7, 11) is 0. The van der Waals surface area contributed by atoms with Gasteiger partial charge in [-0.15, -0.1) is 0 Å². The summed E-state index contributed by atoms with van der Waals surface area (Å²) in [6, 6.07) is 0. The summed E-state index contributed by atoms with van der Waals surface area (Å²) in [6.45, 7) is 6.33. The van der Waals surface area contributed by atoms with Crippen molar-refractivity contribution in [3.8, 4) is 0 Å². The lowest BCUT2D eigenvalue weighted by Crippen LogP contribution is -2.30. The average molecular weight is 741 g/mol. The summed E-state index contributed by atoms with van der Waals surface area (Å²) in [6.07, 6.45) is 49.3. The molecule has 0 saturated heterocycles. The number of hydrogen-bond acceptors (Lipinski definition) is 6.